The third-order valence-corrected chi connectivity index (χ3v) is 4.73. The maximum Gasteiger partial charge on any atom is 0.264 e. The first kappa shape index (κ1) is 14.9. The molecule has 1 aromatic carbocycles. The second-order valence-electron chi connectivity index (χ2n) is 4.41. The SMILES string of the molecule is O=S(=O)(Nc1cc(Br)cn2nccc12)c1ccc(F)cc1F. The van der Waals surface area contributed by atoms with E-state index < -0.39 is 26.6 Å². The Labute approximate surface area is 132 Å². The van der Waals surface area contributed by atoms with Crippen LogP contribution in [0.25, 0.3) is 5.52 Å². The minimum absolute atomic E-state index is 0.218. The minimum Gasteiger partial charge on any atom is -0.277 e. The Balaban J connectivity index is 2.08. The maximum absolute atomic E-state index is 13.7. The molecule has 0 spiro atoms. The fourth-order valence-corrected chi connectivity index (χ4v) is 3.52. The lowest BCUT2D eigenvalue weighted by Gasteiger charge is -2.10. The highest BCUT2D eigenvalue weighted by Gasteiger charge is 2.21. The summed E-state index contributed by atoms with van der Waals surface area (Å²) >= 11 is 3.24. The van der Waals surface area contributed by atoms with E-state index in [-0.39, 0.29) is 5.69 Å². The van der Waals surface area contributed by atoms with E-state index >= 15 is 0 Å². The van der Waals surface area contributed by atoms with Crippen LogP contribution in [0.15, 0.2) is 52.1 Å². The molecule has 0 amide bonds. The number of halogens is 3. The third kappa shape index (κ3) is 2.69. The van der Waals surface area contributed by atoms with Gasteiger partial charge in [0.05, 0.1) is 17.4 Å². The van der Waals surface area contributed by atoms with E-state index in [0.717, 1.165) is 12.1 Å². The van der Waals surface area contributed by atoms with Crippen LogP contribution in [0.1, 0.15) is 0 Å². The first-order valence-corrected chi connectivity index (χ1v) is 8.25. The predicted molar refractivity (Wildman–Crippen MR) is 80.1 cm³/mol. The van der Waals surface area contributed by atoms with Crippen molar-refractivity contribution in [3.8, 4) is 0 Å². The molecule has 0 radical (unpaired) electrons. The van der Waals surface area contributed by atoms with E-state index in [0.29, 0.717) is 16.1 Å². The standard InChI is InChI=1S/C13H8BrF2N3O2S/c14-8-5-11(12-3-4-17-19(12)7-8)18-22(20,21)13-2-1-9(15)6-10(13)16/h1-7,18H. The van der Waals surface area contributed by atoms with Crippen LogP contribution in [0.5, 0.6) is 0 Å². The Bertz CT molecular complexity index is 973. The smallest absolute Gasteiger partial charge is 0.264 e. The molecule has 0 bridgehead atoms. The molecule has 0 saturated carbocycles. The van der Waals surface area contributed by atoms with E-state index in [9.17, 15) is 17.2 Å². The van der Waals surface area contributed by atoms with Crippen LogP contribution >= 0.6 is 15.9 Å². The summed E-state index contributed by atoms with van der Waals surface area (Å²) in [4.78, 5) is -0.633. The molecule has 0 aliphatic carbocycles. The molecule has 0 unspecified atom stereocenters. The molecule has 0 fully saturated rings. The molecular formula is C13H8BrF2N3O2S. The van der Waals surface area contributed by atoms with Gasteiger partial charge < -0.3 is 0 Å². The summed E-state index contributed by atoms with van der Waals surface area (Å²) < 4.78 is 55.5. The molecular weight excluding hydrogens is 380 g/mol. The Morgan fingerprint density at radius 2 is 1.95 bits per heavy atom. The molecule has 22 heavy (non-hydrogen) atoms. The number of nitrogens with one attached hydrogen (secondary N) is 1. The van der Waals surface area contributed by atoms with Gasteiger partial charge in [0.1, 0.15) is 16.5 Å². The number of fused-ring (bicyclic) bond motifs is 1. The van der Waals surface area contributed by atoms with Crippen LogP contribution in [0.4, 0.5) is 14.5 Å². The van der Waals surface area contributed by atoms with Gasteiger partial charge in [-0.1, -0.05) is 0 Å². The van der Waals surface area contributed by atoms with Crippen LogP contribution in [-0.2, 0) is 10.0 Å². The average molecular weight is 388 g/mol. The van der Waals surface area contributed by atoms with Crippen LogP contribution in [0, 0.1) is 11.6 Å². The zero-order valence-corrected chi connectivity index (χ0v) is 13.2. The fraction of sp³-hybridized carbons (Fsp3) is 0. The molecule has 0 atom stereocenters. The average Bonchev–Trinajstić information content (AvgIpc) is 2.85. The first-order valence-electron chi connectivity index (χ1n) is 5.97. The van der Waals surface area contributed by atoms with E-state index in [2.05, 4.69) is 25.8 Å². The molecule has 9 heteroatoms. The van der Waals surface area contributed by atoms with Gasteiger partial charge in [0, 0.05) is 16.7 Å². The number of nitrogens with zero attached hydrogens (tertiary/aromatic N) is 2. The molecule has 2 heterocycles. The number of benzene rings is 1. The number of anilines is 1. The first-order chi connectivity index (χ1) is 10.4. The molecule has 1 N–H and O–H groups in total. The number of rotatable bonds is 3. The van der Waals surface area contributed by atoms with E-state index in [1.807, 2.05) is 0 Å². The van der Waals surface area contributed by atoms with E-state index in [1.165, 1.54) is 16.8 Å². The van der Waals surface area contributed by atoms with Crippen molar-refractivity contribution in [2.45, 2.75) is 4.90 Å². The van der Waals surface area contributed by atoms with Crippen LogP contribution in [0.2, 0.25) is 0 Å². The van der Waals surface area contributed by atoms with E-state index in [4.69, 9.17) is 0 Å². The Kier molecular flexibility index (Phi) is 3.61. The lowest BCUT2D eigenvalue weighted by Crippen LogP contribution is -2.15. The minimum atomic E-state index is -4.20. The summed E-state index contributed by atoms with van der Waals surface area (Å²) in [6.45, 7) is 0. The molecule has 0 aliphatic rings. The van der Waals surface area contributed by atoms with Crippen molar-refractivity contribution in [1.82, 2.24) is 9.61 Å². The number of hydrogen-bond donors (Lipinski definition) is 1. The van der Waals surface area contributed by atoms with Crippen molar-refractivity contribution >= 4 is 37.2 Å². The number of pyridine rings is 1. The zero-order valence-electron chi connectivity index (χ0n) is 10.8. The van der Waals surface area contributed by atoms with Gasteiger partial charge in [-0.15, -0.1) is 0 Å². The largest absolute Gasteiger partial charge is 0.277 e. The van der Waals surface area contributed by atoms with Gasteiger partial charge in [-0.25, -0.2) is 21.7 Å². The zero-order chi connectivity index (χ0) is 15.9. The van der Waals surface area contributed by atoms with Gasteiger partial charge in [0.25, 0.3) is 10.0 Å². The summed E-state index contributed by atoms with van der Waals surface area (Å²) in [5.74, 6) is -2.01. The second-order valence-corrected chi connectivity index (χ2v) is 6.98. The van der Waals surface area contributed by atoms with Crippen molar-refractivity contribution in [2.75, 3.05) is 4.72 Å². The van der Waals surface area contributed by atoms with Gasteiger partial charge in [-0.3, -0.25) is 4.72 Å². The molecule has 5 nitrogen and oxygen atoms in total. The highest BCUT2D eigenvalue weighted by molar-refractivity contribution is 9.10. The monoisotopic (exact) mass is 387 g/mol. The lowest BCUT2D eigenvalue weighted by atomic mass is 10.3. The van der Waals surface area contributed by atoms with Gasteiger partial charge in [0.2, 0.25) is 0 Å². The topological polar surface area (TPSA) is 63.5 Å². The quantitative estimate of drug-likeness (QED) is 0.750. The molecule has 0 aliphatic heterocycles. The van der Waals surface area contributed by atoms with Crippen molar-refractivity contribution in [3.05, 3.63) is 58.8 Å². The van der Waals surface area contributed by atoms with Crippen LogP contribution in [-0.4, -0.2) is 18.0 Å². The lowest BCUT2D eigenvalue weighted by molar-refractivity contribution is 0.551. The Morgan fingerprint density at radius 3 is 2.68 bits per heavy atom. The molecule has 3 aromatic rings. The Morgan fingerprint density at radius 1 is 1.18 bits per heavy atom. The summed E-state index contributed by atoms with van der Waals surface area (Å²) in [5, 5.41) is 4.00. The summed E-state index contributed by atoms with van der Waals surface area (Å²) in [5.41, 5.74) is 0.713. The summed E-state index contributed by atoms with van der Waals surface area (Å²) in [6.07, 6.45) is 3.14. The molecule has 3 rings (SSSR count). The maximum atomic E-state index is 13.7. The molecule has 2 aromatic heterocycles. The molecule has 114 valence electrons. The number of hydrogen-bond acceptors (Lipinski definition) is 3. The van der Waals surface area contributed by atoms with Crippen molar-refractivity contribution in [1.29, 1.82) is 0 Å². The highest BCUT2D eigenvalue weighted by atomic mass is 79.9. The predicted octanol–water partition coefficient (Wildman–Crippen LogP) is 3.18. The summed E-state index contributed by atoms with van der Waals surface area (Å²) in [7, 11) is -4.20. The normalized spacial score (nSPS) is 11.8. The second kappa shape index (κ2) is 5.33. The van der Waals surface area contributed by atoms with Crippen LogP contribution < -0.4 is 4.72 Å². The van der Waals surface area contributed by atoms with Crippen LogP contribution in [0.3, 0.4) is 0 Å². The summed E-state index contributed by atoms with van der Waals surface area (Å²) in [6, 6.07) is 5.40. The van der Waals surface area contributed by atoms with Gasteiger partial charge >= 0.3 is 0 Å². The number of sulfonamides is 1. The highest BCUT2D eigenvalue weighted by Crippen LogP contribution is 2.26. The van der Waals surface area contributed by atoms with Crippen molar-refractivity contribution < 1.29 is 17.2 Å². The van der Waals surface area contributed by atoms with E-state index in [1.54, 1.807) is 12.3 Å². The third-order valence-electron chi connectivity index (χ3n) is 2.90. The number of aromatic nitrogens is 2. The van der Waals surface area contributed by atoms with Crippen molar-refractivity contribution in [2.24, 2.45) is 0 Å². The fourth-order valence-electron chi connectivity index (χ4n) is 1.97. The van der Waals surface area contributed by atoms with Gasteiger partial charge in [-0.05, 0) is 40.2 Å². The van der Waals surface area contributed by atoms with Gasteiger partial charge in [-0.2, -0.15) is 5.10 Å². The Hall–Kier alpha value is -2.00. The van der Waals surface area contributed by atoms with Crippen molar-refractivity contribution in [3.63, 3.8) is 0 Å². The van der Waals surface area contributed by atoms with Gasteiger partial charge in [0.15, 0.2) is 0 Å². The molecule has 0 saturated heterocycles.